The molecule has 0 aliphatic heterocycles. The fourth-order valence-corrected chi connectivity index (χ4v) is 3.11. The molecule has 6 heteroatoms. The number of aromatic hydroxyl groups is 2. The van der Waals surface area contributed by atoms with Crippen LogP contribution in [0.5, 0.6) is 11.5 Å². The number of hydrogen-bond acceptors (Lipinski definition) is 4. The predicted octanol–water partition coefficient (Wildman–Crippen LogP) is 5.15. The van der Waals surface area contributed by atoms with Gasteiger partial charge < -0.3 is 20.8 Å². The zero-order valence-corrected chi connectivity index (χ0v) is 18.5. The second kappa shape index (κ2) is 12.5. The second-order valence-corrected chi connectivity index (χ2v) is 7.46. The Bertz CT molecular complexity index is 1110. The lowest BCUT2D eigenvalue weighted by Crippen LogP contribution is -2.14. The fraction of sp³-hybridized carbons (Fsp3) is 0.0714. The Morgan fingerprint density at radius 2 is 0.824 bits per heavy atom. The summed E-state index contributed by atoms with van der Waals surface area (Å²) in [6, 6.07) is 32.3. The van der Waals surface area contributed by atoms with Crippen molar-refractivity contribution in [3.05, 3.63) is 120 Å². The Kier molecular flexibility index (Phi) is 8.82. The Balaban J connectivity index is 0.000000191. The van der Waals surface area contributed by atoms with Crippen LogP contribution in [0.15, 0.2) is 109 Å². The van der Waals surface area contributed by atoms with Crippen molar-refractivity contribution >= 4 is 23.2 Å². The predicted molar refractivity (Wildman–Crippen MR) is 134 cm³/mol. The highest BCUT2D eigenvalue weighted by Gasteiger charge is 2.07. The van der Waals surface area contributed by atoms with Gasteiger partial charge in [-0.2, -0.15) is 0 Å². The van der Waals surface area contributed by atoms with Crippen LogP contribution in [0.1, 0.15) is 11.1 Å². The van der Waals surface area contributed by atoms with Gasteiger partial charge in [0, 0.05) is 0 Å². The maximum absolute atomic E-state index is 11.7. The van der Waals surface area contributed by atoms with Crippen molar-refractivity contribution < 1.29 is 19.8 Å². The average molecular weight is 455 g/mol. The van der Waals surface area contributed by atoms with Crippen LogP contribution in [0.25, 0.3) is 0 Å². The number of amides is 2. The van der Waals surface area contributed by atoms with Crippen LogP contribution < -0.4 is 10.6 Å². The molecule has 0 fully saturated rings. The molecule has 0 unspecified atom stereocenters. The summed E-state index contributed by atoms with van der Waals surface area (Å²) in [5.74, 6) is -0.127. The quantitative estimate of drug-likeness (QED) is 0.303. The van der Waals surface area contributed by atoms with E-state index in [4.69, 9.17) is 0 Å². The third-order valence-electron chi connectivity index (χ3n) is 4.77. The van der Waals surface area contributed by atoms with Crippen LogP contribution >= 0.6 is 0 Å². The first kappa shape index (κ1) is 24.1. The fourth-order valence-electron chi connectivity index (χ4n) is 3.11. The van der Waals surface area contributed by atoms with Gasteiger partial charge in [0.05, 0.1) is 24.2 Å². The van der Waals surface area contributed by atoms with E-state index in [1.54, 1.807) is 36.4 Å². The lowest BCUT2D eigenvalue weighted by molar-refractivity contribution is -0.116. The van der Waals surface area contributed by atoms with E-state index in [1.165, 1.54) is 12.1 Å². The summed E-state index contributed by atoms with van der Waals surface area (Å²) in [7, 11) is 0. The minimum absolute atomic E-state index is 0.0777. The van der Waals surface area contributed by atoms with Crippen LogP contribution in [-0.4, -0.2) is 22.0 Å². The number of carbonyl (C=O) groups is 2. The molecule has 4 aromatic carbocycles. The van der Waals surface area contributed by atoms with E-state index in [9.17, 15) is 19.8 Å². The van der Waals surface area contributed by atoms with Gasteiger partial charge in [0.15, 0.2) is 0 Å². The van der Waals surface area contributed by atoms with E-state index in [0.29, 0.717) is 24.2 Å². The van der Waals surface area contributed by atoms with E-state index in [-0.39, 0.29) is 23.3 Å². The minimum Gasteiger partial charge on any atom is -0.506 e. The van der Waals surface area contributed by atoms with E-state index in [1.807, 2.05) is 60.7 Å². The molecule has 0 saturated carbocycles. The summed E-state index contributed by atoms with van der Waals surface area (Å²) < 4.78 is 0. The second-order valence-electron chi connectivity index (χ2n) is 7.46. The van der Waals surface area contributed by atoms with Crippen LogP contribution in [0.4, 0.5) is 11.4 Å². The van der Waals surface area contributed by atoms with Gasteiger partial charge in [-0.1, -0.05) is 84.9 Å². The molecule has 0 bridgehead atoms. The number of phenolic OH excluding ortho intramolecular Hbond substituents is 2. The molecule has 2 amide bonds. The molecule has 0 aliphatic carbocycles. The van der Waals surface area contributed by atoms with Crippen LogP contribution in [0.2, 0.25) is 0 Å². The van der Waals surface area contributed by atoms with E-state index in [0.717, 1.165) is 11.1 Å². The SMILES string of the molecule is O=C(Cc1ccccc1)Nc1ccccc1O.O=C(Cc1ccccc1)Nc1ccccc1O. The summed E-state index contributed by atoms with van der Waals surface area (Å²) in [6.45, 7) is 0. The van der Waals surface area contributed by atoms with Gasteiger partial charge in [-0.3, -0.25) is 9.59 Å². The Hall–Kier alpha value is -4.58. The van der Waals surface area contributed by atoms with Crippen molar-refractivity contribution in [2.24, 2.45) is 0 Å². The molecule has 34 heavy (non-hydrogen) atoms. The highest BCUT2D eigenvalue weighted by Crippen LogP contribution is 2.22. The van der Waals surface area contributed by atoms with E-state index < -0.39 is 0 Å². The summed E-state index contributed by atoms with van der Waals surface area (Å²) in [4.78, 5) is 23.4. The molecule has 6 nitrogen and oxygen atoms in total. The Morgan fingerprint density at radius 3 is 1.18 bits per heavy atom. The molecule has 0 saturated heterocycles. The normalized spacial score (nSPS) is 9.88. The molecule has 4 N–H and O–H groups in total. The molecule has 0 radical (unpaired) electrons. The number of anilines is 2. The van der Waals surface area contributed by atoms with E-state index in [2.05, 4.69) is 10.6 Å². The molecular formula is C28H26N2O4. The molecule has 0 heterocycles. The number of carbonyl (C=O) groups excluding carboxylic acids is 2. The van der Waals surface area contributed by atoms with Gasteiger partial charge in [0.2, 0.25) is 11.8 Å². The van der Waals surface area contributed by atoms with Crippen LogP contribution in [0.3, 0.4) is 0 Å². The number of rotatable bonds is 6. The average Bonchev–Trinajstić information content (AvgIpc) is 2.84. The smallest absolute Gasteiger partial charge is 0.228 e. The number of hydrogen-bond donors (Lipinski definition) is 4. The lowest BCUT2D eigenvalue weighted by Gasteiger charge is -2.06. The minimum atomic E-state index is -0.141. The van der Waals surface area contributed by atoms with Gasteiger partial charge in [0.25, 0.3) is 0 Å². The Morgan fingerprint density at radius 1 is 0.500 bits per heavy atom. The first-order chi connectivity index (χ1) is 16.5. The summed E-state index contributed by atoms with van der Waals surface area (Å²) in [6.07, 6.45) is 0.602. The monoisotopic (exact) mass is 454 g/mol. The molecule has 172 valence electrons. The van der Waals surface area contributed by atoms with Gasteiger partial charge in [-0.05, 0) is 35.4 Å². The molecule has 0 aliphatic rings. The standard InChI is InChI=1S/2C14H13NO2/c2*16-13-9-5-4-8-12(13)15-14(17)10-11-6-2-1-3-7-11/h2*1-9,16H,10H2,(H,15,17). The first-order valence-corrected chi connectivity index (χ1v) is 10.7. The number of phenols is 2. The first-order valence-electron chi connectivity index (χ1n) is 10.7. The van der Waals surface area contributed by atoms with Gasteiger partial charge in [-0.25, -0.2) is 0 Å². The zero-order valence-electron chi connectivity index (χ0n) is 18.5. The zero-order chi connectivity index (χ0) is 24.2. The molecular weight excluding hydrogens is 428 g/mol. The van der Waals surface area contributed by atoms with Crippen LogP contribution in [-0.2, 0) is 22.4 Å². The molecule has 0 spiro atoms. The van der Waals surface area contributed by atoms with Crippen molar-refractivity contribution in [2.45, 2.75) is 12.8 Å². The summed E-state index contributed by atoms with van der Waals surface area (Å²) in [5.41, 5.74) is 2.77. The largest absolute Gasteiger partial charge is 0.506 e. The van der Waals surface area contributed by atoms with E-state index >= 15 is 0 Å². The Labute approximate surface area is 198 Å². The highest BCUT2D eigenvalue weighted by atomic mass is 16.3. The van der Waals surface area contributed by atoms with Crippen molar-refractivity contribution in [1.29, 1.82) is 0 Å². The summed E-state index contributed by atoms with van der Waals surface area (Å²) >= 11 is 0. The van der Waals surface area contributed by atoms with Crippen molar-refractivity contribution in [3.63, 3.8) is 0 Å². The van der Waals surface area contributed by atoms with Crippen LogP contribution in [0, 0.1) is 0 Å². The number of benzene rings is 4. The number of para-hydroxylation sites is 4. The molecule has 4 rings (SSSR count). The summed E-state index contributed by atoms with van der Waals surface area (Å²) in [5, 5.41) is 24.4. The lowest BCUT2D eigenvalue weighted by atomic mass is 10.1. The van der Waals surface area contributed by atoms with Crippen molar-refractivity contribution in [3.8, 4) is 11.5 Å². The highest BCUT2D eigenvalue weighted by molar-refractivity contribution is 5.94. The van der Waals surface area contributed by atoms with Gasteiger partial charge in [0.1, 0.15) is 11.5 Å². The third-order valence-corrected chi connectivity index (χ3v) is 4.77. The number of nitrogens with one attached hydrogen (secondary N) is 2. The maximum atomic E-state index is 11.7. The van der Waals surface area contributed by atoms with Crippen molar-refractivity contribution in [2.75, 3.05) is 10.6 Å². The molecule has 0 atom stereocenters. The topological polar surface area (TPSA) is 98.7 Å². The molecule has 0 aromatic heterocycles. The maximum Gasteiger partial charge on any atom is 0.228 e. The van der Waals surface area contributed by atoms with Gasteiger partial charge >= 0.3 is 0 Å². The molecule has 4 aromatic rings. The third kappa shape index (κ3) is 7.84. The van der Waals surface area contributed by atoms with Gasteiger partial charge in [-0.15, -0.1) is 0 Å². The van der Waals surface area contributed by atoms with Crippen molar-refractivity contribution in [1.82, 2.24) is 0 Å².